The summed E-state index contributed by atoms with van der Waals surface area (Å²) in [5.41, 5.74) is 1.70. The minimum absolute atomic E-state index is 0.0416. The van der Waals surface area contributed by atoms with Crippen LogP contribution in [0.25, 0.3) is 21.7 Å². The van der Waals surface area contributed by atoms with Crippen molar-refractivity contribution in [1.82, 2.24) is 9.88 Å². The predicted molar refractivity (Wildman–Crippen MR) is 106 cm³/mol. The Morgan fingerprint density at radius 3 is 2.69 bits per heavy atom. The van der Waals surface area contributed by atoms with Gasteiger partial charge >= 0.3 is 5.97 Å². The van der Waals surface area contributed by atoms with E-state index in [1.807, 2.05) is 36.4 Å². The van der Waals surface area contributed by atoms with Crippen LogP contribution in [0, 0.1) is 0 Å². The van der Waals surface area contributed by atoms with Crippen LogP contribution in [0.1, 0.15) is 16.1 Å². The minimum atomic E-state index is -0.688. The second kappa shape index (κ2) is 7.63. The molecule has 0 atom stereocenters. The molecule has 1 N–H and O–H groups in total. The lowest BCUT2D eigenvalue weighted by molar-refractivity contribution is -0.147. The molecule has 2 amide bonds. The number of furan rings is 1. The van der Waals surface area contributed by atoms with Crippen molar-refractivity contribution in [2.45, 2.75) is 6.42 Å². The Hall–Kier alpha value is -3.87. The normalized spacial score (nSPS) is 10.9. The molecule has 29 heavy (non-hydrogen) atoms. The summed E-state index contributed by atoms with van der Waals surface area (Å²) < 4.78 is 12.2. The second-order valence-electron chi connectivity index (χ2n) is 6.64. The number of carbonyl (C=O) groups excluding carboxylic acids is 3. The molecule has 0 bridgehead atoms. The Labute approximate surface area is 165 Å². The summed E-state index contributed by atoms with van der Waals surface area (Å²) in [6.07, 6.45) is 3.18. The summed E-state index contributed by atoms with van der Waals surface area (Å²) in [7, 11) is 1.69. The first-order chi connectivity index (χ1) is 14.0. The fraction of sp³-hybridized carbons (Fsp3) is 0.136. The topological polar surface area (TPSA) is 90.5 Å². The number of hydrogen-bond acceptors (Lipinski definition) is 5. The average Bonchev–Trinajstić information content (AvgIpc) is 3.33. The summed E-state index contributed by atoms with van der Waals surface area (Å²) in [5, 5.41) is 5.06. The van der Waals surface area contributed by atoms with E-state index in [-0.39, 0.29) is 6.42 Å². The van der Waals surface area contributed by atoms with Crippen LogP contribution >= 0.6 is 0 Å². The third kappa shape index (κ3) is 3.75. The summed E-state index contributed by atoms with van der Waals surface area (Å²) in [4.78, 5) is 36.2. The number of benzene rings is 2. The average molecular weight is 390 g/mol. The first-order valence-electron chi connectivity index (χ1n) is 9.02. The van der Waals surface area contributed by atoms with E-state index in [9.17, 15) is 14.4 Å². The maximum Gasteiger partial charge on any atom is 0.310 e. The van der Waals surface area contributed by atoms with Gasteiger partial charge in [-0.15, -0.1) is 0 Å². The van der Waals surface area contributed by atoms with E-state index in [0.29, 0.717) is 16.8 Å². The van der Waals surface area contributed by atoms with Gasteiger partial charge in [0.2, 0.25) is 0 Å². The molecular weight excluding hydrogens is 372 g/mol. The third-order valence-corrected chi connectivity index (χ3v) is 4.67. The molecule has 0 saturated heterocycles. The Balaban J connectivity index is 1.40. The smallest absolute Gasteiger partial charge is 0.310 e. The number of amides is 2. The van der Waals surface area contributed by atoms with Gasteiger partial charge in [0.15, 0.2) is 6.61 Å². The number of nitrogens with zero attached hydrogens (tertiary/aromatic N) is 1. The second-order valence-corrected chi connectivity index (χ2v) is 6.64. The first-order valence-corrected chi connectivity index (χ1v) is 9.02. The van der Waals surface area contributed by atoms with Crippen LogP contribution in [0.3, 0.4) is 0 Å². The predicted octanol–water partition coefficient (Wildman–Crippen LogP) is 2.97. The molecule has 0 unspecified atom stereocenters. The van der Waals surface area contributed by atoms with Crippen molar-refractivity contribution in [3.8, 4) is 0 Å². The van der Waals surface area contributed by atoms with Crippen molar-refractivity contribution in [3.05, 3.63) is 72.2 Å². The monoisotopic (exact) mass is 390 g/mol. The number of nitrogens with one attached hydrogen (secondary N) is 1. The molecule has 7 nitrogen and oxygen atoms in total. The summed E-state index contributed by atoms with van der Waals surface area (Å²) in [5.74, 6) is -1.82. The zero-order valence-electron chi connectivity index (χ0n) is 15.7. The summed E-state index contributed by atoms with van der Waals surface area (Å²) >= 11 is 0. The number of esters is 1. The molecule has 146 valence electrons. The summed E-state index contributed by atoms with van der Waals surface area (Å²) in [6.45, 7) is -0.536. The van der Waals surface area contributed by atoms with E-state index in [2.05, 4.69) is 5.32 Å². The fourth-order valence-corrected chi connectivity index (χ4v) is 3.28. The van der Waals surface area contributed by atoms with Gasteiger partial charge in [0, 0.05) is 24.2 Å². The highest BCUT2D eigenvalue weighted by Crippen LogP contribution is 2.30. The van der Waals surface area contributed by atoms with E-state index < -0.39 is 24.4 Å². The minimum Gasteiger partial charge on any atom is -0.464 e. The molecule has 0 aliphatic heterocycles. The molecule has 7 heteroatoms. The van der Waals surface area contributed by atoms with Crippen LogP contribution in [0.2, 0.25) is 0 Å². The van der Waals surface area contributed by atoms with Gasteiger partial charge in [0.1, 0.15) is 11.3 Å². The molecule has 0 spiro atoms. The first kappa shape index (κ1) is 18.5. The van der Waals surface area contributed by atoms with Crippen molar-refractivity contribution in [2.75, 3.05) is 6.61 Å². The molecule has 0 saturated carbocycles. The van der Waals surface area contributed by atoms with Crippen molar-refractivity contribution < 1.29 is 23.5 Å². The van der Waals surface area contributed by atoms with Crippen molar-refractivity contribution in [3.63, 3.8) is 0 Å². The molecule has 0 aliphatic rings. The van der Waals surface area contributed by atoms with Crippen LogP contribution in [0.5, 0.6) is 0 Å². The Morgan fingerprint density at radius 1 is 1.07 bits per heavy atom. The molecule has 4 rings (SSSR count). The number of carbonyl (C=O) groups is 3. The van der Waals surface area contributed by atoms with Crippen LogP contribution in [0.4, 0.5) is 0 Å². The van der Waals surface area contributed by atoms with Gasteiger partial charge in [-0.2, -0.15) is 0 Å². The molecule has 2 heterocycles. The van der Waals surface area contributed by atoms with Gasteiger partial charge < -0.3 is 13.7 Å². The Kier molecular flexibility index (Phi) is 4.87. The SMILES string of the molecule is Cn1cccc1C(=O)NC(=O)COC(=O)Cc1coc2ccc3ccccc3c12. The van der Waals surface area contributed by atoms with Gasteiger partial charge in [0.05, 0.1) is 12.7 Å². The van der Waals surface area contributed by atoms with Gasteiger partial charge in [-0.3, -0.25) is 19.7 Å². The molecule has 2 aromatic heterocycles. The number of rotatable bonds is 5. The highest BCUT2D eigenvalue weighted by Gasteiger charge is 2.17. The third-order valence-electron chi connectivity index (χ3n) is 4.67. The quantitative estimate of drug-likeness (QED) is 0.529. The van der Waals surface area contributed by atoms with Crippen LogP contribution < -0.4 is 5.32 Å². The van der Waals surface area contributed by atoms with E-state index in [0.717, 1.165) is 16.2 Å². The fourth-order valence-electron chi connectivity index (χ4n) is 3.28. The van der Waals surface area contributed by atoms with Gasteiger partial charge in [-0.25, -0.2) is 0 Å². The molecule has 2 aromatic carbocycles. The highest BCUT2D eigenvalue weighted by molar-refractivity contribution is 6.08. The molecule has 0 radical (unpaired) electrons. The van der Waals surface area contributed by atoms with E-state index in [1.165, 1.54) is 6.26 Å². The van der Waals surface area contributed by atoms with Gasteiger partial charge in [0.25, 0.3) is 11.8 Å². The van der Waals surface area contributed by atoms with Crippen LogP contribution in [0.15, 0.2) is 65.4 Å². The molecule has 4 aromatic rings. The van der Waals surface area contributed by atoms with Crippen molar-refractivity contribution in [1.29, 1.82) is 0 Å². The lowest BCUT2D eigenvalue weighted by atomic mass is 10.0. The maximum atomic E-state index is 12.2. The Morgan fingerprint density at radius 2 is 1.90 bits per heavy atom. The number of hydrogen-bond donors (Lipinski definition) is 1. The number of ether oxygens (including phenoxy) is 1. The standard InChI is InChI=1S/C22H18N2O5/c1-24-10-4-7-17(24)22(27)23-19(25)13-29-20(26)11-15-12-28-18-9-8-14-5-2-3-6-16(14)21(15)18/h2-10,12H,11,13H2,1H3,(H,23,25,27). The Bertz CT molecular complexity index is 1230. The lowest BCUT2D eigenvalue weighted by Gasteiger charge is -2.06. The zero-order chi connectivity index (χ0) is 20.4. The number of imide groups is 1. The summed E-state index contributed by atoms with van der Waals surface area (Å²) in [6, 6.07) is 14.9. The highest BCUT2D eigenvalue weighted by atomic mass is 16.5. The molecular formula is C22H18N2O5. The maximum absolute atomic E-state index is 12.2. The van der Waals surface area contributed by atoms with Crippen molar-refractivity contribution >= 4 is 39.5 Å². The van der Waals surface area contributed by atoms with E-state index in [4.69, 9.17) is 9.15 Å². The molecule has 0 fully saturated rings. The van der Waals surface area contributed by atoms with E-state index in [1.54, 1.807) is 29.9 Å². The van der Waals surface area contributed by atoms with Gasteiger partial charge in [-0.05, 0) is 29.0 Å². The number of aryl methyl sites for hydroxylation is 1. The number of fused-ring (bicyclic) bond motifs is 3. The largest absolute Gasteiger partial charge is 0.464 e. The lowest BCUT2D eigenvalue weighted by Crippen LogP contribution is -2.35. The van der Waals surface area contributed by atoms with Crippen LogP contribution in [-0.4, -0.2) is 29.0 Å². The molecule has 0 aliphatic carbocycles. The van der Waals surface area contributed by atoms with E-state index >= 15 is 0 Å². The zero-order valence-corrected chi connectivity index (χ0v) is 15.7. The van der Waals surface area contributed by atoms with Gasteiger partial charge in [-0.1, -0.05) is 30.3 Å². The van der Waals surface area contributed by atoms with Crippen molar-refractivity contribution in [2.24, 2.45) is 7.05 Å². The van der Waals surface area contributed by atoms with Crippen LogP contribution in [-0.2, 0) is 27.8 Å². The number of aromatic nitrogens is 1.